The van der Waals surface area contributed by atoms with Gasteiger partial charge in [-0.05, 0) is 56.2 Å². The van der Waals surface area contributed by atoms with Crippen molar-refractivity contribution in [3.8, 4) is 6.07 Å². The highest BCUT2D eigenvalue weighted by Gasteiger charge is 2.37. The van der Waals surface area contributed by atoms with Crippen LogP contribution in [0.5, 0.6) is 0 Å². The molecule has 1 heterocycles. The van der Waals surface area contributed by atoms with E-state index in [2.05, 4.69) is 11.4 Å². The van der Waals surface area contributed by atoms with E-state index in [0.717, 1.165) is 12.8 Å². The molecule has 1 fully saturated rings. The predicted molar refractivity (Wildman–Crippen MR) is 107 cm³/mol. The fourth-order valence-electron chi connectivity index (χ4n) is 3.77. The van der Waals surface area contributed by atoms with Gasteiger partial charge in [-0.25, -0.2) is 4.79 Å². The van der Waals surface area contributed by atoms with E-state index in [9.17, 15) is 24.4 Å². The lowest BCUT2D eigenvalue weighted by atomic mass is 10.00. The van der Waals surface area contributed by atoms with Gasteiger partial charge in [0.25, 0.3) is 17.7 Å². The summed E-state index contributed by atoms with van der Waals surface area (Å²) in [7, 11) is 0. The maximum absolute atomic E-state index is 12.6. The molecule has 0 radical (unpaired) electrons. The third-order valence-corrected chi connectivity index (χ3v) is 5.52. The number of ether oxygens (including phenoxy) is 1. The molecule has 1 aromatic rings. The third kappa shape index (κ3) is 4.35. The van der Waals surface area contributed by atoms with Crippen LogP contribution < -0.4 is 5.32 Å². The fourth-order valence-corrected chi connectivity index (χ4v) is 3.77. The van der Waals surface area contributed by atoms with Crippen LogP contribution in [-0.2, 0) is 9.53 Å². The Kier molecular flexibility index (Phi) is 6.20. The van der Waals surface area contributed by atoms with Gasteiger partial charge in [0.15, 0.2) is 6.61 Å². The largest absolute Gasteiger partial charge is 0.452 e. The number of esters is 1. The van der Waals surface area contributed by atoms with Crippen molar-refractivity contribution in [2.24, 2.45) is 5.92 Å². The van der Waals surface area contributed by atoms with Crippen LogP contribution in [-0.4, -0.2) is 47.3 Å². The summed E-state index contributed by atoms with van der Waals surface area (Å²) in [4.78, 5) is 50.7. The second kappa shape index (κ2) is 8.66. The zero-order valence-corrected chi connectivity index (χ0v) is 17.2. The first kappa shape index (κ1) is 21.5. The van der Waals surface area contributed by atoms with Crippen LogP contribution >= 0.6 is 0 Å². The second-order valence-electron chi connectivity index (χ2n) is 8.23. The van der Waals surface area contributed by atoms with Crippen molar-refractivity contribution >= 4 is 23.7 Å². The second-order valence-corrected chi connectivity index (χ2v) is 8.23. The Labute approximate surface area is 175 Å². The van der Waals surface area contributed by atoms with Crippen LogP contribution in [0.1, 0.15) is 77.0 Å². The Morgan fingerprint density at radius 1 is 1.20 bits per heavy atom. The van der Waals surface area contributed by atoms with Gasteiger partial charge in [-0.1, -0.05) is 13.8 Å². The van der Waals surface area contributed by atoms with Gasteiger partial charge < -0.3 is 10.1 Å². The van der Waals surface area contributed by atoms with Crippen molar-refractivity contribution in [1.29, 1.82) is 5.26 Å². The number of hydrogen-bond donors (Lipinski definition) is 1. The summed E-state index contributed by atoms with van der Waals surface area (Å²) in [6.07, 6.45) is 3.59. The average molecular weight is 411 g/mol. The summed E-state index contributed by atoms with van der Waals surface area (Å²) in [5.74, 6) is -1.77. The predicted octanol–water partition coefficient (Wildman–Crippen LogP) is 2.44. The summed E-state index contributed by atoms with van der Waals surface area (Å²) in [6, 6.07) is 6.31. The first-order valence-corrected chi connectivity index (χ1v) is 10.2. The normalized spacial score (nSPS) is 17.1. The molecule has 1 saturated carbocycles. The zero-order chi connectivity index (χ0) is 21.9. The number of imide groups is 1. The molecule has 0 unspecified atom stereocenters. The summed E-state index contributed by atoms with van der Waals surface area (Å²) >= 11 is 0. The van der Waals surface area contributed by atoms with Gasteiger partial charge in [0.1, 0.15) is 5.54 Å². The molecular weight excluding hydrogens is 386 g/mol. The van der Waals surface area contributed by atoms with Crippen LogP contribution in [0, 0.1) is 17.2 Å². The summed E-state index contributed by atoms with van der Waals surface area (Å²) < 4.78 is 5.05. The topological polar surface area (TPSA) is 117 Å². The first-order chi connectivity index (χ1) is 14.3. The van der Waals surface area contributed by atoms with Crippen LogP contribution in [0.2, 0.25) is 0 Å². The minimum atomic E-state index is -0.886. The Morgan fingerprint density at radius 2 is 1.87 bits per heavy atom. The van der Waals surface area contributed by atoms with E-state index < -0.39 is 29.9 Å². The highest BCUT2D eigenvalue weighted by atomic mass is 16.5. The molecule has 0 aromatic heterocycles. The first-order valence-electron chi connectivity index (χ1n) is 10.2. The van der Waals surface area contributed by atoms with Crippen LogP contribution in [0.25, 0.3) is 0 Å². The molecule has 1 aliphatic heterocycles. The molecule has 0 saturated heterocycles. The number of rotatable bonds is 7. The van der Waals surface area contributed by atoms with E-state index in [0.29, 0.717) is 31.7 Å². The van der Waals surface area contributed by atoms with Gasteiger partial charge in [0.05, 0.1) is 22.8 Å². The number of nitriles is 1. The van der Waals surface area contributed by atoms with Gasteiger partial charge in [0, 0.05) is 6.54 Å². The molecule has 0 spiro atoms. The van der Waals surface area contributed by atoms with Crippen molar-refractivity contribution in [3.63, 3.8) is 0 Å². The third-order valence-electron chi connectivity index (χ3n) is 5.52. The Bertz CT molecular complexity index is 925. The number of amides is 3. The van der Waals surface area contributed by atoms with Crippen molar-refractivity contribution in [1.82, 2.24) is 10.2 Å². The van der Waals surface area contributed by atoms with Gasteiger partial charge in [-0.3, -0.25) is 19.3 Å². The van der Waals surface area contributed by atoms with Gasteiger partial charge >= 0.3 is 5.97 Å². The maximum Gasteiger partial charge on any atom is 0.338 e. The molecule has 1 N–H and O–H groups in total. The van der Waals surface area contributed by atoms with Gasteiger partial charge in [-0.2, -0.15) is 5.26 Å². The molecule has 3 rings (SSSR count). The van der Waals surface area contributed by atoms with Gasteiger partial charge in [-0.15, -0.1) is 0 Å². The van der Waals surface area contributed by atoms with E-state index >= 15 is 0 Å². The zero-order valence-electron chi connectivity index (χ0n) is 17.2. The molecule has 3 amide bonds. The summed E-state index contributed by atoms with van der Waals surface area (Å²) in [5, 5.41) is 12.0. The highest BCUT2D eigenvalue weighted by Crippen LogP contribution is 2.29. The smallest absolute Gasteiger partial charge is 0.338 e. The Balaban J connectivity index is 1.62. The maximum atomic E-state index is 12.6. The Morgan fingerprint density at radius 3 is 2.50 bits per heavy atom. The lowest BCUT2D eigenvalue weighted by molar-refractivity contribution is -0.125. The molecule has 2 aliphatic rings. The van der Waals surface area contributed by atoms with Crippen molar-refractivity contribution in [2.45, 2.75) is 51.5 Å². The van der Waals surface area contributed by atoms with Gasteiger partial charge in [0.2, 0.25) is 0 Å². The Hall–Kier alpha value is -3.21. The van der Waals surface area contributed by atoms with Crippen LogP contribution in [0.15, 0.2) is 18.2 Å². The number of fused-ring (bicyclic) bond motifs is 1. The summed E-state index contributed by atoms with van der Waals surface area (Å²) in [6.45, 7) is 3.82. The lowest BCUT2D eigenvalue weighted by Crippen LogP contribution is -2.46. The number of hydrogen-bond acceptors (Lipinski definition) is 6. The highest BCUT2D eigenvalue weighted by molar-refractivity contribution is 6.22. The minimum absolute atomic E-state index is 0.0873. The average Bonchev–Trinajstić information content (AvgIpc) is 3.28. The van der Waals surface area contributed by atoms with E-state index in [-0.39, 0.29) is 22.6 Å². The fraction of sp³-hybridized carbons (Fsp3) is 0.500. The van der Waals surface area contributed by atoms with E-state index in [1.165, 1.54) is 23.1 Å². The lowest BCUT2D eigenvalue weighted by Gasteiger charge is -2.21. The molecule has 158 valence electrons. The number of carbonyl (C=O) groups excluding carboxylic acids is 4. The quantitative estimate of drug-likeness (QED) is 0.544. The number of nitrogens with one attached hydrogen (secondary N) is 1. The number of benzene rings is 1. The SMILES string of the molecule is CC(C)CCN1C(=O)c2ccc(C(=O)OCC(=O)NC3(C#N)CCCC3)cc2C1=O. The van der Waals surface area contributed by atoms with Crippen molar-refractivity contribution < 1.29 is 23.9 Å². The number of nitrogens with zero attached hydrogens (tertiary/aromatic N) is 2. The molecule has 0 bridgehead atoms. The van der Waals surface area contributed by atoms with Crippen LogP contribution in [0.3, 0.4) is 0 Å². The molecule has 1 aromatic carbocycles. The van der Waals surface area contributed by atoms with Crippen molar-refractivity contribution in [3.05, 3.63) is 34.9 Å². The molecule has 8 heteroatoms. The summed E-state index contributed by atoms with van der Waals surface area (Å²) in [5.41, 5.74) is -0.375. The van der Waals surface area contributed by atoms with E-state index in [4.69, 9.17) is 4.74 Å². The molecule has 30 heavy (non-hydrogen) atoms. The van der Waals surface area contributed by atoms with Crippen LogP contribution in [0.4, 0.5) is 0 Å². The van der Waals surface area contributed by atoms with E-state index in [1.54, 1.807) is 0 Å². The van der Waals surface area contributed by atoms with E-state index in [1.807, 2.05) is 13.8 Å². The molecule has 1 aliphatic carbocycles. The monoisotopic (exact) mass is 411 g/mol. The van der Waals surface area contributed by atoms with Crippen molar-refractivity contribution in [2.75, 3.05) is 13.2 Å². The number of carbonyl (C=O) groups is 4. The molecular formula is C22H25N3O5. The molecule has 0 atom stereocenters. The standard InChI is InChI=1S/C22H25N3O5/c1-14(2)7-10-25-19(27)16-6-5-15(11-17(16)20(25)28)21(29)30-12-18(26)24-22(13-23)8-3-4-9-22/h5-6,11,14H,3-4,7-10,12H2,1-2H3,(H,24,26). The minimum Gasteiger partial charge on any atom is -0.452 e. The molecule has 8 nitrogen and oxygen atoms in total.